The lowest BCUT2D eigenvalue weighted by atomic mass is 10.0. The summed E-state index contributed by atoms with van der Waals surface area (Å²) in [4.78, 5) is 0. The number of methoxy groups -OCH3 is 1. The Bertz CT molecular complexity index is 612. The molecule has 0 N–H and O–H groups in total. The zero-order chi connectivity index (χ0) is 14.8. The number of alkyl halides is 3. The van der Waals surface area contributed by atoms with Gasteiger partial charge in [0.2, 0.25) is 0 Å². The SMILES string of the molecule is COc1cc(-c2ccccc2OC(F)(F)F)ccc1Cl. The van der Waals surface area contributed by atoms with Crippen LogP contribution < -0.4 is 9.47 Å². The van der Waals surface area contributed by atoms with E-state index in [1.54, 1.807) is 24.3 Å². The molecule has 0 amide bonds. The first-order valence-electron chi connectivity index (χ1n) is 5.59. The first-order valence-corrected chi connectivity index (χ1v) is 5.97. The highest BCUT2D eigenvalue weighted by atomic mass is 35.5. The van der Waals surface area contributed by atoms with Gasteiger partial charge in [-0.2, -0.15) is 0 Å². The van der Waals surface area contributed by atoms with Gasteiger partial charge in [-0.1, -0.05) is 35.9 Å². The van der Waals surface area contributed by atoms with E-state index in [9.17, 15) is 13.2 Å². The van der Waals surface area contributed by atoms with E-state index in [1.165, 1.54) is 25.3 Å². The Morgan fingerprint density at radius 3 is 2.35 bits per heavy atom. The average molecular weight is 303 g/mol. The summed E-state index contributed by atoms with van der Waals surface area (Å²) >= 11 is 5.89. The monoisotopic (exact) mass is 302 g/mol. The molecule has 0 saturated carbocycles. The highest BCUT2D eigenvalue weighted by molar-refractivity contribution is 6.32. The Morgan fingerprint density at radius 2 is 1.70 bits per heavy atom. The lowest BCUT2D eigenvalue weighted by Gasteiger charge is -2.14. The standard InChI is InChI=1S/C14H10ClF3O2/c1-19-13-8-9(6-7-11(13)15)10-4-2-3-5-12(10)20-14(16,17)18/h2-8H,1H3. The van der Waals surface area contributed by atoms with Crippen molar-refractivity contribution >= 4 is 11.6 Å². The van der Waals surface area contributed by atoms with Crippen molar-refractivity contribution in [2.75, 3.05) is 7.11 Å². The van der Waals surface area contributed by atoms with Gasteiger partial charge in [-0.05, 0) is 23.8 Å². The molecule has 0 heterocycles. The fourth-order valence-corrected chi connectivity index (χ4v) is 1.94. The molecule has 2 aromatic rings. The fraction of sp³-hybridized carbons (Fsp3) is 0.143. The summed E-state index contributed by atoms with van der Waals surface area (Å²) in [6.07, 6.45) is -4.74. The first kappa shape index (κ1) is 14.5. The molecular formula is C14H10ClF3O2. The van der Waals surface area contributed by atoms with Gasteiger partial charge < -0.3 is 9.47 Å². The van der Waals surface area contributed by atoms with Crippen LogP contribution in [0.4, 0.5) is 13.2 Å². The summed E-state index contributed by atoms with van der Waals surface area (Å²) in [5, 5.41) is 0.380. The van der Waals surface area contributed by atoms with E-state index in [-0.39, 0.29) is 5.75 Å². The van der Waals surface area contributed by atoms with Crippen molar-refractivity contribution in [1.82, 2.24) is 0 Å². The number of benzene rings is 2. The summed E-state index contributed by atoms with van der Waals surface area (Å²) < 4.78 is 46.2. The summed E-state index contributed by atoms with van der Waals surface area (Å²) in [6, 6.07) is 10.6. The van der Waals surface area contributed by atoms with E-state index in [0.717, 1.165) is 0 Å². The van der Waals surface area contributed by atoms with Crippen LogP contribution in [-0.2, 0) is 0 Å². The lowest BCUT2D eigenvalue weighted by molar-refractivity contribution is -0.274. The highest BCUT2D eigenvalue weighted by Crippen LogP contribution is 2.36. The molecule has 0 atom stereocenters. The molecule has 0 saturated heterocycles. The van der Waals surface area contributed by atoms with Crippen LogP contribution in [0.1, 0.15) is 0 Å². The number of hydrogen-bond donors (Lipinski definition) is 0. The first-order chi connectivity index (χ1) is 9.40. The van der Waals surface area contributed by atoms with Gasteiger partial charge in [-0.15, -0.1) is 13.2 Å². The molecule has 2 nitrogen and oxygen atoms in total. The molecule has 0 unspecified atom stereocenters. The van der Waals surface area contributed by atoms with Gasteiger partial charge in [-0.25, -0.2) is 0 Å². The molecule has 0 spiro atoms. The molecule has 0 aromatic heterocycles. The minimum Gasteiger partial charge on any atom is -0.495 e. The van der Waals surface area contributed by atoms with Gasteiger partial charge in [0.05, 0.1) is 12.1 Å². The second kappa shape index (κ2) is 5.63. The Morgan fingerprint density at radius 1 is 1.00 bits per heavy atom. The van der Waals surface area contributed by atoms with Crippen molar-refractivity contribution in [3.63, 3.8) is 0 Å². The Kier molecular flexibility index (Phi) is 4.09. The van der Waals surface area contributed by atoms with Crippen molar-refractivity contribution in [3.05, 3.63) is 47.5 Å². The lowest BCUT2D eigenvalue weighted by Crippen LogP contribution is -2.17. The zero-order valence-electron chi connectivity index (χ0n) is 10.4. The number of para-hydroxylation sites is 1. The van der Waals surface area contributed by atoms with Crippen LogP contribution in [0.2, 0.25) is 5.02 Å². The number of ether oxygens (including phenoxy) is 2. The van der Waals surface area contributed by atoms with Crippen LogP contribution >= 0.6 is 11.6 Å². The Hall–Kier alpha value is -1.88. The predicted molar refractivity (Wildman–Crippen MR) is 70.1 cm³/mol. The van der Waals surface area contributed by atoms with Gasteiger partial charge in [0.1, 0.15) is 11.5 Å². The van der Waals surface area contributed by atoms with Crippen molar-refractivity contribution < 1.29 is 22.6 Å². The van der Waals surface area contributed by atoms with Crippen LogP contribution in [0.5, 0.6) is 11.5 Å². The van der Waals surface area contributed by atoms with Crippen LogP contribution in [0.3, 0.4) is 0 Å². The van der Waals surface area contributed by atoms with Crippen molar-refractivity contribution in [2.45, 2.75) is 6.36 Å². The van der Waals surface area contributed by atoms with Crippen LogP contribution in [0.25, 0.3) is 11.1 Å². The average Bonchev–Trinajstić information content (AvgIpc) is 2.38. The fourth-order valence-electron chi connectivity index (χ4n) is 1.75. The molecule has 0 fully saturated rings. The largest absolute Gasteiger partial charge is 0.573 e. The van der Waals surface area contributed by atoms with Gasteiger partial charge >= 0.3 is 6.36 Å². The quantitative estimate of drug-likeness (QED) is 0.801. The topological polar surface area (TPSA) is 18.5 Å². The van der Waals surface area contributed by atoms with E-state index in [0.29, 0.717) is 21.9 Å². The summed E-state index contributed by atoms with van der Waals surface area (Å²) in [5.41, 5.74) is 0.825. The maximum atomic E-state index is 12.4. The maximum Gasteiger partial charge on any atom is 0.573 e. The molecule has 20 heavy (non-hydrogen) atoms. The molecule has 0 radical (unpaired) electrons. The minimum absolute atomic E-state index is 0.274. The van der Waals surface area contributed by atoms with Crippen LogP contribution in [0.15, 0.2) is 42.5 Å². The molecular weight excluding hydrogens is 293 g/mol. The van der Waals surface area contributed by atoms with E-state index in [1.807, 2.05) is 0 Å². The van der Waals surface area contributed by atoms with Crippen molar-refractivity contribution in [3.8, 4) is 22.6 Å². The third-order valence-corrected chi connectivity index (χ3v) is 2.89. The number of rotatable bonds is 3. The van der Waals surface area contributed by atoms with Crippen molar-refractivity contribution in [2.24, 2.45) is 0 Å². The van der Waals surface area contributed by atoms with E-state index in [2.05, 4.69) is 4.74 Å². The number of halogens is 4. The summed E-state index contributed by atoms with van der Waals surface area (Å²) in [7, 11) is 1.43. The van der Waals surface area contributed by atoms with Gasteiger partial charge in [0, 0.05) is 5.56 Å². The summed E-state index contributed by atoms with van der Waals surface area (Å²) in [5.74, 6) is 0.107. The molecule has 0 aliphatic heterocycles. The molecule has 2 rings (SSSR count). The van der Waals surface area contributed by atoms with Gasteiger partial charge in [0.25, 0.3) is 0 Å². The second-order valence-electron chi connectivity index (χ2n) is 3.89. The third-order valence-electron chi connectivity index (χ3n) is 2.57. The van der Waals surface area contributed by atoms with E-state index in [4.69, 9.17) is 16.3 Å². The van der Waals surface area contributed by atoms with E-state index < -0.39 is 6.36 Å². The predicted octanol–water partition coefficient (Wildman–Crippen LogP) is 4.91. The Labute approximate surface area is 118 Å². The second-order valence-corrected chi connectivity index (χ2v) is 4.30. The smallest absolute Gasteiger partial charge is 0.495 e. The minimum atomic E-state index is -4.74. The molecule has 0 aliphatic rings. The van der Waals surface area contributed by atoms with Crippen LogP contribution in [-0.4, -0.2) is 13.5 Å². The van der Waals surface area contributed by atoms with Crippen molar-refractivity contribution in [1.29, 1.82) is 0 Å². The molecule has 0 aliphatic carbocycles. The highest BCUT2D eigenvalue weighted by Gasteiger charge is 2.32. The normalized spacial score (nSPS) is 11.2. The molecule has 2 aromatic carbocycles. The maximum absolute atomic E-state index is 12.4. The third kappa shape index (κ3) is 3.36. The van der Waals surface area contributed by atoms with E-state index >= 15 is 0 Å². The molecule has 0 bridgehead atoms. The number of hydrogen-bond acceptors (Lipinski definition) is 2. The molecule has 6 heteroatoms. The van der Waals surface area contributed by atoms with Crippen LogP contribution in [0, 0.1) is 0 Å². The zero-order valence-corrected chi connectivity index (χ0v) is 11.1. The van der Waals surface area contributed by atoms with Gasteiger partial charge in [-0.3, -0.25) is 0 Å². The molecule has 106 valence electrons. The van der Waals surface area contributed by atoms with Gasteiger partial charge in [0.15, 0.2) is 0 Å². The Balaban J connectivity index is 2.47. The summed E-state index contributed by atoms with van der Waals surface area (Å²) in [6.45, 7) is 0.